The van der Waals surface area contributed by atoms with Crippen LogP contribution in [0.1, 0.15) is 12.0 Å². The molecule has 0 aromatic heterocycles. The number of carbonyl (C=O) groups is 1. The Hall–Kier alpha value is -3.01. The summed E-state index contributed by atoms with van der Waals surface area (Å²) < 4.78 is 41.1. The molecule has 0 atom stereocenters. The fourth-order valence-electron chi connectivity index (χ4n) is 2.35. The van der Waals surface area contributed by atoms with Gasteiger partial charge in [-0.25, -0.2) is 12.8 Å². The molecule has 1 amide bonds. The Morgan fingerprint density at radius 2 is 1.88 bits per heavy atom. The highest BCUT2D eigenvalue weighted by Crippen LogP contribution is 2.30. The Labute approximate surface area is 149 Å². The summed E-state index contributed by atoms with van der Waals surface area (Å²) in [4.78, 5) is 20.5. The lowest BCUT2D eigenvalue weighted by atomic mass is 10.2. The molecule has 0 fully saturated rings. The number of nitro benzene ring substituents is 1. The van der Waals surface area contributed by atoms with Gasteiger partial charge in [0.25, 0.3) is 15.7 Å². The van der Waals surface area contributed by atoms with Gasteiger partial charge in [0.1, 0.15) is 10.7 Å². The zero-order valence-electron chi connectivity index (χ0n) is 13.8. The maximum atomic E-state index is 14.3. The molecular weight excluding hydrogens is 365 g/mol. The van der Waals surface area contributed by atoms with Gasteiger partial charge < -0.3 is 5.73 Å². The SMILES string of the molecule is Cc1cc(F)c(S(=O)(=O)N(CCC(N)=O)c2ccccc2)cc1[N+](=O)[O-]. The number of amides is 1. The first-order valence-electron chi connectivity index (χ1n) is 7.45. The number of nitrogens with zero attached hydrogens (tertiary/aromatic N) is 2. The number of halogens is 1. The van der Waals surface area contributed by atoms with E-state index in [-0.39, 0.29) is 24.2 Å². The number of carbonyl (C=O) groups excluding carboxylic acids is 1. The Morgan fingerprint density at radius 1 is 1.27 bits per heavy atom. The molecule has 2 N–H and O–H groups in total. The number of rotatable bonds is 7. The summed E-state index contributed by atoms with van der Waals surface area (Å²) in [5, 5.41) is 11.1. The number of primary amides is 1. The summed E-state index contributed by atoms with van der Waals surface area (Å²) in [6, 6.07) is 9.17. The van der Waals surface area contributed by atoms with Crippen molar-refractivity contribution in [3.05, 3.63) is 64.0 Å². The minimum atomic E-state index is -4.51. The van der Waals surface area contributed by atoms with E-state index in [0.717, 1.165) is 10.4 Å². The summed E-state index contributed by atoms with van der Waals surface area (Å²) >= 11 is 0. The monoisotopic (exact) mass is 381 g/mol. The van der Waals surface area contributed by atoms with E-state index in [9.17, 15) is 27.7 Å². The van der Waals surface area contributed by atoms with Gasteiger partial charge in [-0.2, -0.15) is 0 Å². The second-order valence-corrected chi connectivity index (χ2v) is 7.29. The summed E-state index contributed by atoms with van der Waals surface area (Å²) in [5.74, 6) is -1.86. The Bertz CT molecular complexity index is 948. The maximum Gasteiger partial charge on any atom is 0.273 e. The first-order chi connectivity index (χ1) is 12.1. The van der Waals surface area contributed by atoms with Crippen molar-refractivity contribution in [3.8, 4) is 0 Å². The number of nitro groups is 1. The van der Waals surface area contributed by atoms with Gasteiger partial charge in [0.2, 0.25) is 5.91 Å². The normalized spacial score (nSPS) is 11.2. The fraction of sp³-hybridized carbons (Fsp3) is 0.188. The van der Waals surface area contributed by atoms with Gasteiger partial charge in [-0.1, -0.05) is 18.2 Å². The van der Waals surface area contributed by atoms with Crippen molar-refractivity contribution in [1.82, 2.24) is 0 Å². The average molecular weight is 381 g/mol. The molecule has 0 saturated heterocycles. The summed E-state index contributed by atoms with van der Waals surface area (Å²) in [6.45, 7) is 0.975. The van der Waals surface area contributed by atoms with E-state index >= 15 is 0 Å². The fourth-order valence-corrected chi connectivity index (χ4v) is 3.88. The van der Waals surface area contributed by atoms with Gasteiger partial charge in [-0.15, -0.1) is 0 Å². The molecule has 10 heteroatoms. The van der Waals surface area contributed by atoms with Crippen molar-refractivity contribution in [1.29, 1.82) is 0 Å². The van der Waals surface area contributed by atoms with Crippen LogP contribution in [-0.2, 0) is 14.8 Å². The highest BCUT2D eigenvalue weighted by atomic mass is 32.2. The van der Waals surface area contributed by atoms with Crippen LogP contribution in [0.5, 0.6) is 0 Å². The number of anilines is 1. The lowest BCUT2D eigenvalue weighted by Gasteiger charge is -2.24. The zero-order valence-corrected chi connectivity index (χ0v) is 14.6. The molecule has 0 saturated carbocycles. The topological polar surface area (TPSA) is 124 Å². The van der Waals surface area contributed by atoms with Gasteiger partial charge in [0.05, 0.1) is 10.6 Å². The van der Waals surface area contributed by atoms with Crippen molar-refractivity contribution in [2.75, 3.05) is 10.8 Å². The van der Waals surface area contributed by atoms with E-state index in [0.29, 0.717) is 6.07 Å². The molecule has 2 rings (SSSR count). The second-order valence-electron chi connectivity index (χ2n) is 5.46. The lowest BCUT2D eigenvalue weighted by molar-refractivity contribution is -0.385. The minimum Gasteiger partial charge on any atom is -0.370 e. The third-order valence-corrected chi connectivity index (χ3v) is 5.46. The van der Waals surface area contributed by atoms with Gasteiger partial charge in [-0.05, 0) is 25.1 Å². The second kappa shape index (κ2) is 7.48. The van der Waals surface area contributed by atoms with Crippen molar-refractivity contribution in [2.24, 2.45) is 5.73 Å². The van der Waals surface area contributed by atoms with E-state index in [4.69, 9.17) is 5.73 Å². The molecule has 0 bridgehead atoms. The van der Waals surface area contributed by atoms with Crippen LogP contribution < -0.4 is 10.0 Å². The van der Waals surface area contributed by atoms with Crippen LogP contribution in [0, 0.1) is 22.9 Å². The highest BCUT2D eigenvalue weighted by Gasteiger charge is 2.31. The maximum absolute atomic E-state index is 14.3. The summed E-state index contributed by atoms with van der Waals surface area (Å²) in [7, 11) is -4.51. The number of nitrogens with two attached hydrogens (primary N) is 1. The summed E-state index contributed by atoms with van der Waals surface area (Å²) in [6.07, 6.45) is -0.302. The number of sulfonamides is 1. The van der Waals surface area contributed by atoms with E-state index in [1.807, 2.05) is 0 Å². The number of aryl methyl sites for hydroxylation is 1. The van der Waals surface area contributed by atoms with E-state index in [2.05, 4.69) is 0 Å². The van der Waals surface area contributed by atoms with Crippen molar-refractivity contribution >= 4 is 27.3 Å². The van der Waals surface area contributed by atoms with Crippen LogP contribution in [0.25, 0.3) is 0 Å². The van der Waals surface area contributed by atoms with E-state index in [1.54, 1.807) is 18.2 Å². The molecule has 2 aromatic carbocycles. The largest absolute Gasteiger partial charge is 0.370 e. The first kappa shape index (κ1) is 19.3. The van der Waals surface area contributed by atoms with Crippen LogP contribution in [-0.4, -0.2) is 25.8 Å². The number of hydrogen-bond acceptors (Lipinski definition) is 5. The molecule has 8 nitrogen and oxygen atoms in total. The van der Waals surface area contributed by atoms with Gasteiger partial charge in [0, 0.05) is 24.6 Å². The Kier molecular flexibility index (Phi) is 5.56. The molecule has 0 heterocycles. The zero-order chi connectivity index (χ0) is 19.5. The molecule has 0 unspecified atom stereocenters. The quantitative estimate of drug-likeness (QED) is 0.581. The standard InChI is InChI=1S/C16H16FN3O5S/c1-11-9-13(17)15(10-14(11)20(22)23)26(24,25)19(8-7-16(18)21)12-5-3-2-4-6-12/h2-6,9-10H,7-8H2,1H3,(H2,18,21). The molecule has 0 aliphatic rings. The van der Waals surface area contributed by atoms with Crippen LogP contribution in [0.4, 0.5) is 15.8 Å². The van der Waals surface area contributed by atoms with E-state index in [1.165, 1.54) is 19.1 Å². The molecule has 0 spiro atoms. The molecule has 138 valence electrons. The third kappa shape index (κ3) is 3.97. The minimum absolute atomic E-state index is 0.00477. The van der Waals surface area contributed by atoms with Crippen LogP contribution in [0.3, 0.4) is 0 Å². The number of benzene rings is 2. The van der Waals surface area contributed by atoms with Crippen molar-refractivity contribution in [3.63, 3.8) is 0 Å². The number of para-hydroxylation sites is 1. The first-order valence-corrected chi connectivity index (χ1v) is 8.89. The molecule has 26 heavy (non-hydrogen) atoms. The van der Waals surface area contributed by atoms with Crippen LogP contribution in [0.15, 0.2) is 47.4 Å². The molecule has 0 aliphatic heterocycles. The van der Waals surface area contributed by atoms with Crippen molar-refractivity contribution < 1.29 is 22.5 Å². The molecule has 0 radical (unpaired) electrons. The van der Waals surface area contributed by atoms with Crippen LogP contribution >= 0.6 is 0 Å². The third-order valence-electron chi connectivity index (χ3n) is 3.62. The average Bonchev–Trinajstić information content (AvgIpc) is 2.54. The number of hydrogen-bond donors (Lipinski definition) is 1. The molecular formula is C16H16FN3O5S. The Morgan fingerprint density at radius 3 is 2.42 bits per heavy atom. The van der Waals surface area contributed by atoms with Gasteiger partial charge >= 0.3 is 0 Å². The summed E-state index contributed by atoms with van der Waals surface area (Å²) in [5.41, 5.74) is 4.74. The Balaban J connectivity index is 2.62. The smallest absolute Gasteiger partial charge is 0.273 e. The van der Waals surface area contributed by atoms with Gasteiger partial charge in [0.15, 0.2) is 0 Å². The molecule has 2 aromatic rings. The van der Waals surface area contributed by atoms with E-state index < -0.39 is 37.3 Å². The lowest BCUT2D eigenvalue weighted by Crippen LogP contribution is -2.34. The highest BCUT2D eigenvalue weighted by molar-refractivity contribution is 7.92. The molecule has 0 aliphatic carbocycles. The van der Waals surface area contributed by atoms with Gasteiger partial charge in [-0.3, -0.25) is 19.2 Å². The van der Waals surface area contributed by atoms with Crippen LogP contribution in [0.2, 0.25) is 0 Å². The predicted molar refractivity (Wildman–Crippen MR) is 92.6 cm³/mol. The predicted octanol–water partition coefficient (Wildman–Crippen LogP) is 2.11. The van der Waals surface area contributed by atoms with Crippen molar-refractivity contribution in [2.45, 2.75) is 18.2 Å².